The predicted molar refractivity (Wildman–Crippen MR) is 92.2 cm³/mol. The largest absolute Gasteiger partial charge is 0.506 e. The van der Waals surface area contributed by atoms with Gasteiger partial charge in [0.25, 0.3) is 5.92 Å². The molecule has 1 aliphatic rings. The summed E-state index contributed by atoms with van der Waals surface area (Å²) < 4.78 is 42.4. The Kier molecular flexibility index (Phi) is 3.88. The van der Waals surface area contributed by atoms with E-state index in [1.54, 1.807) is 0 Å². The van der Waals surface area contributed by atoms with Crippen LogP contribution < -0.4 is 0 Å². The van der Waals surface area contributed by atoms with Crippen LogP contribution in [-0.4, -0.2) is 31.2 Å². The number of rotatable bonds is 3. The monoisotopic (exact) mass is 489 g/mol. The Morgan fingerprint density at radius 3 is 2.50 bits per heavy atom. The van der Waals surface area contributed by atoms with E-state index in [0.717, 1.165) is 16.8 Å². The molecule has 0 saturated heterocycles. The number of imidazole rings is 1. The SMILES string of the molecule is O=C(c1cc(Br)c(O)c(Br)c1)c1c([C@@H]2CC2(F)F)nc2ncc(F)cn12. The number of benzene rings is 1. The van der Waals surface area contributed by atoms with Gasteiger partial charge in [-0.05, 0) is 44.0 Å². The number of carbonyl (C=O) groups excluding carboxylic acids is 1. The van der Waals surface area contributed by atoms with Crippen molar-refractivity contribution >= 4 is 43.4 Å². The van der Waals surface area contributed by atoms with Crippen molar-refractivity contribution in [2.24, 2.45) is 0 Å². The number of carbonyl (C=O) groups is 1. The van der Waals surface area contributed by atoms with Crippen molar-refractivity contribution < 1.29 is 23.1 Å². The minimum absolute atomic E-state index is 0.0376. The Balaban J connectivity index is 1.93. The summed E-state index contributed by atoms with van der Waals surface area (Å²) in [4.78, 5) is 20.8. The first-order chi connectivity index (χ1) is 12.2. The fraction of sp³-hybridized carbons (Fsp3) is 0.188. The number of halogens is 5. The van der Waals surface area contributed by atoms with Crippen LogP contribution in [0.3, 0.4) is 0 Å². The number of hydrogen-bond donors (Lipinski definition) is 1. The lowest BCUT2D eigenvalue weighted by atomic mass is 10.0. The van der Waals surface area contributed by atoms with Crippen molar-refractivity contribution in [2.45, 2.75) is 18.3 Å². The number of ketones is 1. The molecule has 1 N–H and O–H groups in total. The molecule has 1 aliphatic carbocycles. The van der Waals surface area contributed by atoms with Gasteiger partial charge in [-0.2, -0.15) is 0 Å². The van der Waals surface area contributed by atoms with Crippen molar-refractivity contribution in [3.05, 3.63) is 56.2 Å². The number of alkyl halides is 2. The van der Waals surface area contributed by atoms with E-state index in [0.29, 0.717) is 0 Å². The molecule has 0 spiro atoms. The van der Waals surface area contributed by atoms with E-state index in [2.05, 4.69) is 41.8 Å². The van der Waals surface area contributed by atoms with Crippen LogP contribution in [0, 0.1) is 5.82 Å². The van der Waals surface area contributed by atoms with Gasteiger partial charge in [-0.3, -0.25) is 9.20 Å². The zero-order valence-electron chi connectivity index (χ0n) is 12.7. The highest BCUT2D eigenvalue weighted by molar-refractivity contribution is 9.11. The van der Waals surface area contributed by atoms with Gasteiger partial charge in [0, 0.05) is 12.0 Å². The molecule has 1 fully saturated rings. The van der Waals surface area contributed by atoms with Crippen LogP contribution in [0.5, 0.6) is 5.75 Å². The summed E-state index contributed by atoms with van der Waals surface area (Å²) in [6, 6.07) is 2.70. The van der Waals surface area contributed by atoms with E-state index in [4.69, 9.17) is 0 Å². The van der Waals surface area contributed by atoms with Gasteiger partial charge in [0.1, 0.15) is 11.4 Å². The number of nitrogens with zero attached hydrogens (tertiary/aromatic N) is 3. The number of phenols is 1. The Bertz CT molecular complexity index is 1060. The summed E-state index contributed by atoms with van der Waals surface area (Å²) in [6.07, 6.45) is 1.46. The summed E-state index contributed by atoms with van der Waals surface area (Å²) in [5.74, 6) is -5.68. The van der Waals surface area contributed by atoms with E-state index in [1.165, 1.54) is 12.1 Å². The van der Waals surface area contributed by atoms with Gasteiger partial charge in [-0.15, -0.1) is 0 Å². The molecule has 0 aliphatic heterocycles. The topological polar surface area (TPSA) is 67.5 Å². The van der Waals surface area contributed by atoms with E-state index >= 15 is 0 Å². The molecule has 2 aromatic heterocycles. The quantitative estimate of drug-likeness (QED) is 0.551. The molecular formula is C16H8Br2F3N3O2. The Morgan fingerprint density at radius 1 is 1.31 bits per heavy atom. The van der Waals surface area contributed by atoms with Crippen LogP contribution >= 0.6 is 31.9 Å². The second kappa shape index (κ2) is 5.78. The van der Waals surface area contributed by atoms with Crippen LogP contribution in [0.2, 0.25) is 0 Å². The van der Waals surface area contributed by atoms with Gasteiger partial charge in [0.05, 0.1) is 33.0 Å². The van der Waals surface area contributed by atoms with Gasteiger partial charge in [0.2, 0.25) is 11.6 Å². The number of hydrogen-bond acceptors (Lipinski definition) is 4. The molecule has 1 atom stereocenters. The maximum Gasteiger partial charge on any atom is 0.257 e. The third-order valence-corrected chi connectivity index (χ3v) is 5.33. The number of aromatic nitrogens is 3. The van der Waals surface area contributed by atoms with Gasteiger partial charge < -0.3 is 5.11 Å². The molecule has 10 heteroatoms. The number of phenolic OH excluding ortho intramolecular Hbond substituents is 1. The molecule has 1 aromatic carbocycles. The molecule has 0 amide bonds. The third kappa shape index (κ3) is 2.71. The molecule has 0 bridgehead atoms. The molecule has 5 nitrogen and oxygen atoms in total. The zero-order chi connectivity index (χ0) is 18.8. The molecule has 0 radical (unpaired) electrons. The third-order valence-electron chi connectivity index (χ3n) is 4.13. The fourth-order valence-electron chi connectivity index (χ4n) is 2.74. The normalized spacial score (nSPS) is 18.3. The van der Waals surface area contributed by atoms with Crippen LogP contribution in [0.25, 0.3) is 5.78 Å². The molecule has 26 heavy (non-hydrogen) atoms. The van der Waals surface area contributed by atoms with Crippen LogP contribution in [0.1, 0.15) is 34.1 Å². The van der Waals surface area contributed by atoms with Gasteiger partial charge in [-0.1, -0.05) is 0 Å². The summed E-state index contributed by atoms with van der Waals surface area (Å²) in [5, 5.41) is 9.79. The molecular weight excluding hydrogens is 483 g/mol. The van der Waals surface area contributed by atoms with Gasteiger partial charge in [0.15, 0.2) is 5.82 Å². The molecule has 1 saturated carbocycles. The highest BCUT2D eigenvalue weighted by Gasteiger charge is 2.60. The van der Waals surface area contributed by atoms with Crippen molar-refractivity contribution in [2.75, 3.05) is 0 Å². The lowest BCUT2D eigenvalue weighted by molar-refractivity contribution is 0.102. The first kappa shape index (κ1) is 17.5. The molecule has 3 aromatic rings. The van der Waals surface area contributed by atoms with E-state index in [-0.39, 0.29) is 37.4 Å². The Labute approximate surface area is 161 Å². The molecule has 134 valence electrons. The Hall–Kier alpha value is -1.94. The van der Waals surface area contributed by atoms with Crippen molar-refractivity contribution in [3.63, 3.8) is 0 Å². The minimum atomic E-state index is -2.96. The van der Waals surface area contributed by atoms with E-state index in [9.17, 15) is 23.1 Å². The van der Waals surface area contributed by atoms with Gasteiger partial charge in [-0.25, -0.2) is 23.1 Å². The van der Waals surface area contributed by atoms with Crippen LogP contribution in [-0.2, 0) is 0 Å². The average molecular weight is 491 g/mol. The van der Waals surface area contributed by atoms with E-state index in [1.807, 2.05) is 0 Å². The predicted octanol–water partition coefficient (Wildman–Crippen LogP) is 4.45. The first-order valence-corrected chi connectivity index (χ1v) is 8.91. The average Bonchev–Trinajstić information content (AvgIpc) is 3.05. The number of fused-ring (bicyclic) bond motifs is 1. The first-order valence-electron chi connectivity index (χ1n) is 7.33. The maximum atomic E-state index is 13.6. The smallest absolute Gasteiger partial charge is 0.257 e. The molecule has 4 rings (SSSR count). The fourth-order valence-corrected chi connectivity index (χ4v) is 3.93. The van der Waals surface area contributed by atoms with Gasteiger partial charge >= 0.3 is 0 Å². The summed E-state index contributed by atoms with van der Waals surface area (Å²) in [7, 11) is 0. The van der Waals surface area contributed by atoms with Crippen LogP contribution in [0.4, 0.5) is 13.2 Å². The minimum Gasteiger partial charge on any atom is -0.506 e. The van der Waals surface area contributed by atoms with Crippen molar-refractivity contribution in [1.29, 1.82) is 0 Å². The zero-order valence-corrected chi connectivity index (χ0v) is 15.9. The highest BCUT2D eigenvalue weighted by Crippen LogP contribution is 2.56. The van der Waals surface area contributed by atoms with Crippen molar-refractivity contribution in [1.82, 2.24) is 14.4 Å². The van der Waals surface area contributed by atoms with Crippen molar-refractivity contribution in [3.8, 4) is 5.75 Å². The van der Waals surface area contributed by atoms with E-state index < -0.39 is 29.9 Å². The highest BCUT2D eigenvalue weighted by atomic mass is 79.9. The van der Waals surface area contributed by atoms with Crippen LogP contribution in [0.15, 0.2) is 33.5 Å². The second-order valence-corrected chi connectivity index (χ2v) is 7.63. The lowest BCUT2D eigenvalue weighted by Crippen LogP contribution is -2.10. The summed E-state index contributed by atoms with van der Waals surface area (Å²) in [5.41, 5.74) is -0.171. The lowest BCUT2D eigenvalue weighted by Gasteiger charge is -2.07. The second-order valence-electron chi connectivity index (χ2n) is 5.92. The summed E-state index contributed by atoms with van der Waals surface area (Å²) >= 11 is 6.24. The standard InChI is InChI=1S/C16H8Br2F3N3O2/c17-9-1-6(2-10(18)14(9)26)13(25)12-11(8-3-16(8,20)21)23-15-22-4-7(19)5-24(12)15/h1-2,4-5,8,26H,3H2/t8-/m0/s1. The summed E-state index contributed by atoms with van der Waals surface area (Å²) in [6.45, 7) is 0. The molecule has 0 unspecified atom stereocenters. The molecule has 2 heterocycles. The number of aromatic hydroxyl groups is 1. The Morgan fingerprint density at radius 2 is 1.92 bits per heavy atom. The maximum absolute atomic E-state index is 13.6.